The zero-order valence-corrected chi connectivity index (χ0v) is 11.0. The van der Waals surface area contributed by atoms with Crippen LogP contribution in [0.5, 0.6) is 0 Å². The molecule has 0 saturated carbocycles. The van der Waals surface area contributed by atoms with Crippen LogP contribution in [0, 0.1) is 0 Å². The van der Waals surface area contributed by atoms with Crippen molar-refractivity contribution in [1.29, 1.82) is 0 Å². The van der Waals surface area contributed by atoms with E-state index in [0.717, 1.165) is 25.1 Å². The van der Waals surface area contributed by atoms with Gasteiger partial charge in [0.2, 0.25) is 0 Å². The molecule has 1 aliphatic heterocycles. The molecule has 0 fully saturated rings. The van der Waals surface area contributed by atoms with Crippen LogP contribution in [0.1, 0.15) is 32.0 Å². The summed E-state index contributed by atoms with van der Waals surface area (Å²) in [5, 5.41) is 14.0. The third-order valence-corrected chi connectivity index (χ3v) is 3.12. The number of hydrogen-bond donors (Lipinski definition) is 1. The van der Waals surface area contributed by atoms with E-state index in [4.69, 9.17) is 4.74 Å². The highest BCUT2D eigenvalue weighted by atomic mass is 16.5. The Hall–Kier alpha value is -1.63. The minimum absolute atomic E-state index is 0.0254. The SMILES string of the molecule is CCOC(=O)CC(O)Cn1nc2n(c1=O)CCCC2. The van der Waals surface area contributed by atoms with Crippen molar-refractivity contribution < 1.29 is 14.6 Å². The van der Waals surface area contributed by atoms with Gasteiger partial charge in [-0.25, -0.2) is 9.48 Å². The Morgan fingerprint density at radius 2 is 2.32 bits per heavy atom. The van der Waals surface area contributed by atoms with Crippen LogP contribution in [0.25, 0.3) is 0 Å². The van der Waals surface area contributed by atoms with Crippen molar-refractivity contribution in [3.63, 3.8) is 0 Å². The van der Waals surface area contributed by atoms with Gasteiger partial charge in [0.15, 0.2) is 0 Å². The molecule has 0 radical (unpaired) electrons. The molecule has 19 heavy (non-hydrogen) atoms. The number of ether oxygens (including phenoxy) is 1. The van der Waals surface area contributed by atoms with Crippen LogP contribution >= 0.6 is 0 Å². The van der Waals surface area contributed by atoms with Crippen LogP contribution < -0.4 is 5.69 Å². The normalized spacial score (nSPS) is 15.9. The number of nitrogens with zero attached hydrogens (tertiary/aromatic N) is 3. The lowest BCUT2D eigenvalue weighted by Crippen LogP contribution is -2.31. The molecule has 0 saturated heterocycles. The zero-order chi connectivity index (χ0) is 13.8. The molecule has 1 N–H and O–H groups in total. The summed E-state index contributed by atoms with van der Waals surface area (Å²) >= 11 is 0. The minimum atomic E-state index is -0.950. The van der Waals surface area contributed by atoms with Crippen molar-refractivity contribution in [3.05, 3.63) is 16.3 Å². The highest BCUT2D eigenvalue weighted by Crippen LogP contribution is 2.09. The number of carbonyl (C=O) groups is 1. The summed E-state index contributed by atoms with van der Waals surface area (Å²) in [5.41, 5.74) is -0.211. The van der Waals surface area contributed by atoms with Crippen LogP contribution in [0.15, 0.2) is 4.79 Å². The molecule has 0 amide bonds. The summed E-state index contributed by atoms with van der Waals surface area (Å²) in [7, 11) is 0. The van der Waals surface area contributed by atoms with E-state index in [9.17, 15) is 14.7 Å². The fourth-order valence-electron chi connectivity index (χ4n) is 2.24. The Bertz CT molecular complexity index is 506. The fraction of sp³-hybridized carbons (Fsp3) is 0.750. The van der Waals surface area contributed by atoms with Crippen molar-refractivity contribution >= 4 is 5.97 Å². The number of aliphatic hydroxyl groups is 1. The largest absolute Gasteiger partial charge is 0.466 e. The first kappa shape index (κ1) is 13.8. The lowest BCUT2D eigenvalue weighted by Gasteiger charge is -2.09. The maximum absolute atomic E-state index is 12.0. The predicted octanol–water partition coefficient (Wildman–Crippen LogP) is -0.305. The number of carbonyl (C=O) groups excluding carboxylic acids is 1. The first-order valence-electron chi connectivity index (χ1n) is 6.62. The van der Waals surface area contributed by atoms with E-state index in [0.29, 0.717) is 6.54 Å². The van der Waals surface area contributed by atoms with Crippen molar-refractivity contribution in [2.24, 2.45) is 0 Å². The Kier molecular flexibility index (Phi) is 4.36. The average Bonchev–Trinajstić information content (AvgIpc) is 2.67. The van der Waals surface area contributed by atoms with Gasteiger partial charge in [0.05, 0.1) is 25.7 Å². The Morgan fingerprint density at radius 3 is 3.00 bits per heavy atom. The van der Waals surface area contributed by atoms with E-state index in [2.05, 4.69) is 5.10 Å². The first-order chi connectivity index (χ1) is 9.11. The van der Waals surface area contributed by atoms with Crippen LogP contribution in [-0.2, 0) is 29.0 Å². The number of aryl methyl sites for hydroxylation is 1. The average molecular weight is 269 g/mol. The molecule has 0 spiro atoms. The van der Waals surface area contributed by atoms with Gasteiger partial charge in [-0.05, 0) is 19.8 Å². The number of esters is 1. The maximum atomic E-state index is 12.0. The van der Waals surface area contributed by atoms with Crippen molar-refractivity contribution in [2.75, 3.05) is 6.61 Å². The molecule has 0 aliphatic carbocycles. The summed E-state index contributed by atoms with van der Waals surface area (Å²) < 4.78 is 7.63. The molecule has 7 nitrogen and oxygen atoms in total. The smallest absolute Gasteiger partial charge is 0.346 e. The molecular weight excluding hydrogens is 250 g/mol. The van der Waals surface area contributed by atoms with Crippen molar-refractivity contribution in [1.82, 2.24) is 14.3 Å². The highest BCUT2D eigenvalue weighted by Gasteiger charge is 2.19. The molecule has 2 rings (SSSR count). The number of hydrogen-bond acceptors (Lipinski definition) is 5. The summed E-state index contributed by atoms with van der Waals surface area (Å²) in [5.74, 6) is 0.298. The van der Waals surface area contributed by atoms with E-state index in [-0.39, 0.29) is 25.3 Å². The van der Waals surface area contributed by atoms with E-state index < -0.39 is 12.1 Å². The van der Waals surface area contributed by atoms with Gasteiger partial charge in [0.1, 0.15) is 5.82 Å². The fourth-order valence-corrected chi connectivity index (χ4v) is 2.24. The molecule has 1 unspecified atom stereocenters. The van der Waals surface area contributed by atoms with Gasteiger partial charge in [-0.2, -0.15) is 5.10 Å². The predicted molar refractivity (Wildman–Crippen MR) is 66.7 cm³/mol. The van der Waals surface area contributed by atoms with E-state index in [1.807, 2.05) is 0 Å². The quantitative estimate of drug-likeness (QED) is 0.741. The second-order valence-electron chi connectivity index (χ2n) is 4.65. The number of aromatic nitrogens is 3. The molecule has 0 aromatic carbocycles. The molecule has 1 atom stereocenters. The van der Waals surface area contributed by atoms with Gasteiger partial charge in [0, 0.05) is 13.0 Å². The Labute approximate surface area is 110 Å². The molecule has 1 aliphatic rings. The maximum Gasteiger partial charge on any atom is 0.346 e. The topological polar surface area (TPSA) is 86.3 Å². The zero-order valence-electron chi connectivity index (χ0n) is 11.0. The molecule has 1 aromatic heterocycles. The second kappa shape index (κ2) is 6.01. The first-order valence-corrected chi connectivity index (χ1v) is 6.62. The van der Waals surface area contributed by atoms with E-state index in [1.54, 1.807) is 11.5 Å². The van der Waals surface area contributed by atoms with Gasteiger partial charge < -0.3 is 9.84 Å². The monoisotopic (exact) mass is 269 g/mol. The number of rotatable bonds is 5. The van der Waals surface area contributed by atoms with Crippen molar-refractivity contribution in [3.8, 4) is 0 Å². The third kappa shape index (κ3) is 3.23. The molecule has 0 bridgehead atoms. The van der Waals surface area contributed by atoms with Crippen LogP contribution in [0.3, 0.4) is 0 Å². The van der Waals surface area contributed by atoms with E-state index >= 15 is 0 Å². The number of fused-ring (bicyclic) bond motifs is 1. The Morgan fingerprint density at radius 1 is 1.53 bits per heavy atom. The van der Waals surface area contributed by atoms with Crippen LogP contribution in [-0.4, -0.2) is 38.1 Å². The lowest BCUT2D eigenvalue weighted by atomic mass is 10.2. The second-order valence-corrected chi connectivity index (χ2v) is 4.65. The van der Waals surface area contributed by atoms with Gasteiger partial charge >= 0.3 is 11.7 Å². The van der Waals surface area contributed by atoms with Gasteiger partial charge in [-0.15, -0.1) is 0 Å². The highest BCUT2D eigenvalue weighted by molar-refractivity contribution is 5.69. The van der Waals surface area contributed by atoms with Gasteiger partial charge in [-0.1, -0.05) is 0 Å². The van der Waals surface area contributed by atoms with Crippen LogP contribution in [0.4, 0.5) is 0 Å². The lowest BCUT2D eigenvalue weighted by molar-refractivity contribution is -0.145. The molecule has 2 heterocycles. The molecule has 106 valence electrons. The summed E-state index contributed by atoms with van der Waals surface area (Å²) in [6.07, 6.45) is 1.72. The van der Waals surface area contributed by atoms with Gasteiger partial charge in [0.25, 0.3) is 0 Å². The summed E-state index contributed by atoms with van der Waals surface area (Å²) in [4.78, 5) is 23.2. The minimum Gasteiger partial charge on any atom is -0.466 e. The van der Waals surface area contributed by atoms with Gasteiger partial charge in [-0.3, -0.25) is 9.36 Å². The van der Waals surface area contributed by atoms with E-state index in [1.165, 1.54) is 4.68 Å². The van der Waals surface area contributed by atoms with Crippen molar-refractivity contribution in [2.45, 2.75) is 51.8 Å². The summed E-state index contributed by atoms with van der Waals surface area (Å²) in [6.45, 7) is 2.70. The number of aliphatic hydroxyl groups excluding tert-OH is 1. The molecular formula is C12H19N3O4. The standard InChI is InChI=1S/C12H19N3O4/c1-2-19-11(17)7-9(16)8-15-12(18)14-6-4-3-5-10(14)13-15/h9,16H,2-8H2,1H3. The molecule has 1 aromatic rings. The molecule has 7 heteroatoms. The third-order valence-electron chi connectivity index (χ3n) is 3.12. The van der Waals surface area contributed by atoms with Crippen LogP contribution in [0.2, 0.25) is 0 Å². The Balaban J connectivity index is 2.01. The summed E-state index contributed by atoms with van der Waals surface area (Å²) in [6, 6.07) is 0.